The fourth-order valence-electron chi connectivity index (χ4n) is 7.51. The summed E-state index contributed by atoms with van der Waals surface area (Å²) in [4.78, 5) is 37.7. The van der Waals surface area contributed by atoms with Crippen LogP contribution in [0.4, 0.5) is 5.69 Å². The zero-order valence-electron chi connectivity index (χ0n) is 18.3. The zero-order chi connectivity index (χ0) is 21.2. The maximum Gasteiger partial charge on any atom is 0.220 e. The van der Waals surface area contributed by atoms with Gasteiger partial charge in [-0.05, 0) is 90.5 Å². The predicted octanol–water partition coefficient (Wildman–Crippen LogP) is 2.87. The smallest absolute Gasteiger partial charge is 0.220 e. The Balaban J connectivity index is 0.00000216. The molecule has 32 heavy (non-hydrogen) atoms. The van der Waals surface area contributed by atoms with Crippen molar-refractivity contribution >= 4 is 11.6 Å². The molecule has 1 amide bonds. The molecule has 1 aliphatic heterocycles. The van der Waals surface area contributed by atoms with E-state index in [1.165, 1.54) is 49.7 Å². The van der Waals surface area contributed by atoms with Gasteiger partial charge in [0.05, 0.1) is 0 Å². The second kappa shape index (κ2) is 8.14. The van der Waals surface area contributed by atoms with E-state index in [-0.39, 0.29) is 28.4 Å². The standard InChI is InChI=1S/C26H29N2O3.Mn/c29-23-9-22(25(23)31)28-4-3-20-2-1-16(8-21(20)15-28)14-27-24(30)13-26-10-17-5-18(11-26)7-19(6-17)12-26;/h1-2,8,17-19H,3-7,10-15H2,(H,27,30);/q-1;. The van der Waals surface area contributed by atoms with Gasteiger partial charge in [-0.25, -0.2) is 0 Å². The number of rotatable bonds is 5. The van der Waals surface area contributed by atoms with Gasteiger partial charge in [0, 0.05) is 43.1 Å². The van der Waals surface area contributed by atoms with E-state index in [1.807, 2.05) is 4.90 Å². The Hall–Kier alpha value is -1.91. The van der Waals surface area contributed by atoms with Crippen LogP contribution in [-0.4, -0.2) is 12.5 Å². The van der Waals surface area contributed by atoms with Crippen LogP contribution in [0.1, 0.15) is 61.6 Å². The molecule has 0 spiro atoms. The molecule has 4 saturated carbocycles. The average molecular weight is 472 g/mol. The van der Waals surface area contributed by atoms with Gasteiger partial charge in [0.15, 0.2) is 0 Å². The Morgan fingerprint density at radius 1 is 1.06 bits per heavy atom. The molecule has 4 bridgehead atoms. The van der Waals surface area contributed by atoms with Gasteiger partial charge in [-0.2, -0.15) is 0 Å². The first kappa shape index (κ1) is 21.9. The largest absolute Gasteiger partial charge is 0.385 e. The normalized spacial score (nSPS) is 30.1. The molecule has 1 N–H and O–H groups in total. The number of nitrogens with one attached hydrogen (secondary N) is 1. The minimum atomic E-state index is -0.517. The molecule has 5 nitrogen and oxygen atoms in total. The molecular weight excluding hydrogens is 443 g/mol. The first-order valence-electron chi connectivity index (χ1n) is 11.8. The third-order valence-corrected chi connectivity index (χ3v) is 8.44. The summed E-state index contributed by atoms with van der Waals surface area (Å²) in [6.45, 7) is 1.89. The van der Waals surface area contributed by atoms with Crippen LogP contribution in [0.15, 0.2) is 27.8 Å². The first-order chi connectivity index (χ1) is 15.0. The molecule has 4 fully saturated rings. The molecule has 0 aromatic heterocycles. The van der Waals surface area contributed by atoms with E-state index in [0.717, 1.165) is 36.3 Å². The van der Waals surface area contributed by atoms with Crippen molar-refractivity contribution in [1.29, 1.82) is 0 Å². The van der Waals surface area contributed by atoms with Gasteiger partial charge in [0.1, 0.15) is 10.9 Å². The molecule has 2 aromatic rings. The number of nitrogens with zero attached hydrogens (tertiary/aromatic N) is 1. The van der Waals surface area contributed by atoms with Crippen molar-refractivity contribution in [1.82, 2.24) is 5.32 Å². The summed E-state index contributed by atoms with van der Waals surface area (Å²) >= 11 is 0. The molecule has 0 unspecified atom stereocenters. The Kier molecular flexibility index (Phi) is 5.58. The van der Waals surface area contributed by atoms with E-state index in [0.29, 0.717) is 25.2 Å². The number of anilines is 1. The van der Waals surface area contributed by atoms with E-state index in [2.05, 4.69) is 29.6 Å². The predicted molar refractivity (Wildman–Crippen MR) is 118 cm³/mol. The van der Waals surface area contributed by atoms with Gasteiger partial charge in [-0.3, -0.25) is 4.79 Å². The molecule has 0 atom stereocenters. The van der Waals surface area contributed by atoms with Crippen molar-refractivity contribution in [3.05, 3.63) is 61.4 Å². The number of carbonyl (C=O) groups excluding carboxylic acids is 1. The van der Waals surface area contributed by atoms with Crippen LogP contribution in [0.25, 0.3) is 0 Å². The van der Waals surface area contributed by atoms with E-state index < -0.39 is 10.9 Å². The molecule has 7 rings (SSSR count). The topological polar surface area (TPSA) is 66.5 Å². The summed E-state index contributed by atoms with van der Waals surface area (Å²) in [6.07, 6.45) is 9.53. The van der Waals surface area contributed by atoms with Gasteiger partial charge in [0.2, 0.25) is 5.91 Å². The second-order valence-electron chi connectivity index (χ2n) is 10.8. The van der Waals surface area contributed by atoms with Crippen LogP contribution >= 0.6 is 0 Å². The summed E-state index contributed by atoms with van der Waals surface area (Å²) in [5.41, 5.74) is 3.29. The van der Waals surface area contributed by atoms with Crippen LogP contribution in [0, 0.1) is 29.2 Å². The number of hydrogen-bond donors (Lipinski definition) is 1. The van der Waals surface area contributed by atoms with Crippen LogP contribution in [-0.2, 0) is 41.4 Å². The van der Waals surface area contributed by atoms with E-state index >= 15 is 0 Å². The molecule has 6 heteroatoms. The minimum absolute atomic E-state index is 0. The van der Waals surface area contributed by atoms with Crippen molar-refractivity contribution in [2.24, 2.45) is 23.2 Å². The number of amides is 1. The van der Waals surface area contributed by atoms with Gasteiger partial charge >= 0.3 is 0 Å². The Morgan fingerprint density at radius 3 is 2.38 bits per heavy atom. The number of carbonyl (C=O) groups is 1. The van der Waals surface area contributed by atoms with Gasteiger partial charge in [0.25, 0.3) is 0 Å². The average Bonchev–Trinajstić information content (AvgIpc) is 2.74. The summed E-state index contributed by atoms with van der Waals surface area (Å²) in [5, 5.41) is 3.18. The maximum absolute atomic E-state index is 12.8. The van der Waals surface area contributed by atoms with E-state index in [4.69, 9.17) is 0 Å². The third-order valence-electron chi connectivity index (χ3n) is 8.44. The van der Waals surface area contributed by atoms with E-state index in [9.17, 15) is 14.4 Å². The number of hydrogen-bond acceptors (Lipinski definition) is 4. The Morgan fingerprint density at radius 2 is 1.75 bits per heavy atom. The summed E-state index contributed by atoms with van der Waals surface area (Å²) in [5.74, 6) is 2.80. The molecule has 4 aliphatic carbocycles. The van der Waals surface area contributed by atoms with Gasteiger partial charge in [-0.1, -0.05) is 18.2 Å². The molecule has 169 valence electrons. The number of benzene rings is 1. The molecule has 2 aromatic carbocycles. The Bertz CT molecular complexity index is 1080. The molecular formula is C26H29MnN2O3-. The third kappa shape index (κ3) is 3.86. The summed E-state index contributed by atoms with van der Waals surface area (Å²) < 4.78 is 0. The number of fused-ring (bicyclic) bond motifs is 1. The van der Waals surface area contributed by atoms with Crippen molar-refractivity contribution < 1.29 is 21.9 Å². The van der Waals surface area contributed by atoms with E-state index in [1.54, 1.807) is 0 Å². The van der Waals surface area contributed by atoms with Gasteiger partial charge in [-0.15, -0.1) is 6.07 Å². The SMILES string of the molecule is O=C(CC12CC3CC(CC(C3)C1)C2)NCc1ccc2c(c1)CN(c1[c-]c(=O)c1=O)CC2.[Mn]. The van der Waals surface area contributed by atoms with Crippen molar-refractivity contribution in [2.75, 3.05) is 11.4 Å². The molecule has 0 saturated heterocycles. The Labute approximate surface area is 199 Å². The zero-order valence-corrected chi connectivity index (χ0v) is 19.5. The summed E-state index contributed by atoms with van der Waals surface area (Å²) in [7, 11) is 0. The van der Waals surface area contributed by atoms with Gasteiger partial charge < -0.3 is 19.8 Å². The quantitative estimate of drug-likeness (QED) is 0.413. The molecule has 5 aliphatic rings. The van der Waals surface area contributed by atoms with Crippen molar-refractivity contribution in [2.45, 2.75) is 64.5 Å². The fraction of sp³-hybridized carbons (Fsp3) is 0.577. The second-order valence-corrected chi connectivity index (χ2v) is 10.8. The van der Waals surface area contributed by atoms with Crippen LogP contribution in [0.3, 0.4) is 0 Å². The molecule has 1 radical (unpaired) electrons. The monoisotopic (exact) mass is 472 g/mol. The summed E-state index contributed by atoms with van der Waals surface area (Å²) in [6, 6.07) is 8.98. The van der Waals surface area contributed by atoms with Crippen LogP contribution in [0.2, 0.25) is 0 Å². The minimum Gasteiger partial charge on any atom is -0.385 e. The van der Waals surface area contributed by atoms with Crippen molar-refractivity contribution in [3.8, 4) is 0 Å². The first-order valence-corrected chi connectivity index (χ1v) is 11.8. The molecule has 1 heterocycles. The van der Waals surface area contributed by atoms with Crippen LogP contribution < -0.4 is 21.1 Å². The fourth-order valence-corrected chi connectivity index (χ4v) is 7.51. The maximum atomic E-state index is 12.8. The van der Waals surface area contributed by atoms with Crippen LogP contribution in [0.5, 0.6) is 0 Å². The van der Waals surface area contributed by atoms with Crippen molar-refractivity contribution in [3.63, 3.8) is 0 Å².